The average Bonchev–Trinajstić information content (AvgIpc) is 2.97. The van der Waals surface area contributed by atoms with Crippen LogP contribution in [0.25, 0.3) is 4.96 Å². The predicted octanol–water partition coefficient (Wildman–Crippen LogP) is 3.95. The fourth-order valence-corrected chi connectivity index (χ4v) is 3.62. The van der Waals surface area contributed by atoms with Gasteiger partial charge >= 0.3 is 0 Å². The first-order valence-corrected chi connectivity index (χ1v) is 8.26. The van der Waals surface area contributed by atoms with E-state index >= 15 is 0 Å². The van der Waals surface area contributed by atoms with Crippen LogP contribution in [0.5, 0.6) is 0 Å². The number of benzene rings is 1. The molecule has 0 radical (unpaired) electrons. The number of thioether (sulfide) groups is 1. The third-order valence-corrected chi connectivity index (χ3v) is 4.78. The van der Waals surface area contributed by atoms with Gasteiger partial charge in [0.2, 0.25) is 0 Å². The van der Waals surface area contributed by atoms with Crippen LogP contribution in [0.1, 0.15) is 5.69 Å². The fraction of sp³-hybridized carbons (Fsp3) is 0.143. The van der Waals surface area contributed by atoms with Crippen LogP contribution in [0.15, 0.2) is 46.9 Å². The van der Waals surface area contributed by atoms with E-state index in [4.69, 9.17) is 11.6 Å². The Kier molecular flexibility index (Phi) is 4.10. The van der Waals surface area contributed by atoms with Gasteiger partial charge in [-0.05, 0) is 18.2 Å². The molecule has 6 heteroatoms. The lowest BCUT2D eigenvalue weighted by molar-refractivity contribution is -0.116. The summed E-state index contributed by atoms with van der Waals surface area (Å²) in [5.41, 5.74) is 0.827. The van der Waals surface area contributed by atoms with Crippen LogP contribution in [0, 0.1) is 0 Å². The molecule has 0 unspecified atom stereocenters. The highest BCUT2D eigenvalue weighted by Gasteiger charge is 2.09. The number of nitrogens with zero attached hydrogens (tertiary/aromatic N) is 2. The lowest BCUT2D eigenvalue weighted by Gasteiger charge is -2.00. The van der Waals surface area contributed by atoms with E-state index in [1.165, 1.54) is 11.8 Å². The van der Waals surface area contributed by atoms with E-state index < -0.39 is 0 Å². The zero-order valence-electron chi connectivity index (χ0n) is 10.5. The molecule has 0 atom stereocenters. The number of fused-ring (bicyclic) bond motifs is 1. The van der Waals surface area contributed by atoms with E-state index in [2.05, 4.69) is 4.98 Å². The fourth-order valence-electron chi connectivity index (χ4n) is 1.83. The molecular formula is C14H11ClN2OS2. The summed E-state index contributed by atoms with van der Waals surface area (Å²) in [7, 11) is 0. The normalized spacial score (nSPS) is 11.1. The zero-order valence-corrected chi connectivity index (χ0v) is 12.8. The van der Waals surface area contributed by atoms with E-state index in [1.54, 1.807) is 11.3 Å². The van der Waals surface area contributed by atoms with E-state index in [0.29, 0.717) is 17.2 Å². The van der Waals surface area contributed by atoms with E-state index in [9.17, 15) is 4.79 Å². The highest BCUT2D eigenvalue weighted by atomic mass is 35.5. The van der Waals surface area contributed by atoms with Crippen molar-refractivity contribution in [1.82, 2.24) is 9.38 Å². The number of rotatable bonds is 5. The van der Waals surface area contributed by atoms with Crippen LogP contribution in [-0.4, -0.2) is 20.9 Å². The second-order valence-corrected chi connectivity index (χ2v) is 6.64. The number of carbonyl (C=O) groups excluding carboxylic acids is 1. The average molecular weight is 323 g/mol. The van der Waals surface area contributed by atoms with Crippen LogP contribution in [0.3, 0.4) is 0 Å². The molecule has 102 valence electrons. The Labute approximate surface area is 129 Å². The molecule has 2 aromatic heterocycles. The van der Waals surface area contributed by atoms with Crippen LogP contribution in [0.4, 0.5) is 0 Å². The smallest absolute Gasteiger partial charge is 0.193 e. The van der Waals surface area contributed by atoms with E-state index in [1.807, 2.05) is 46.4 Å². The molecule has 3 aromatic rings. The second-order valence-electron chi connectivity index (χ2n) is 4.29. The molecule has 0 aliphatic heterocycles. The van der Waals surface area contributed by atoms with Crippen molar-refractivity contribution >= 4 is 45.4 Å². The van der Waals surface area contributed by atoms with Crippen molar-refractivity contribution in [1.29, 1.82) is 0 Å². The van der Waals surface area contributed by atoms with Crippen molar-refractivity contribution < 1.29 is 4.79 Å². The Morgan fingerprint density at radius 2 is 2.35 bits per heavy atom. The van der Waals surface area contributed by atoms with Gasteiger partial charge in [0.05, 0.1) is 17.9 Å². The molecule has 0 bridgehead atoms. The molecule has 3 rings (SSSR count). The number of halogens is 1. The van der Waals surface area contributed by atoms with Gasteiger partial charge in [0.1, 0.15) is 5.78 Å². The summed E-state index contributed by atoms with van der Waals surface area (Å²) >= 11 is 8.99. The summed E-state index contributed by atoms with van der Waals surface area (Å²) in [6.45, 7) is 0. The topological polar surface area (TPSA) is 34.4 Å². The van der Waals surface area contributed by atoms with Gasteiger partial charge in [-0.15, -0.1) is 23.1 Å². The molecule has 2 heterocycles. The summed E-state index contributed by atoms with van der Waals surface area (Å²) in [5.74, 6) is 0.603. The number of carbonyl (C=O) groups is 1. The van der Waals surface area contributed by atoms with Gasteiger partial charge < -0.3 is 0 Å². The summed E-state index contributed by atoms with van der Waals surface area (Å²) in [4.78, 5) is 18.3. The predicted molar refractivity (Wildman–Crippen MR) is 84.0 cm³/mol. The summed E-state index contributed by atoms with van der Waals surface area (Å²) in [6, 6.07) is 7.53. The Bertz CT molecular complexity index is 722. The van der Waals surface area contributed by atoms with E-state index in [-0.39, 0.29) is 5.78 Å². The molecule has 0 aliphatic carbocycles. The minimum absolute atomic E-state index is 0.167. The lowest BCUT2D eigenvalue weighted by atomic mass is 10.2. The van der Waals surface area contributed by atoms with Gasteiger partial charge in [-0.3, -0.25) is 9.20 Å². The van der Waals surface area contributed by atoms with Crippen LogP contribution in [0.2, 0.25) is 5.02 Å². The minimum Gasteiger partial charge on any atom is -0.298 e. The molecule has 0 aliphatic rings. The van der Waals surface area contributed by atoms with E-state index in [0.717, 1.165) is 15.6 Å². The van der Waals surface area contributed by atoms with Gasteiger partial charge in [-0.25, -0.2) is 4.98 Å². The zero-order chi connectivity index (χ0) is 13.9. The molecule has 0 saturated heterocycles. The molecule has 3 nitrogen and oxygen atoms in total. The molecule has 0 fully saturated rings. The third kappa shape index (κ3) is 3.23. The van der Waals surface area contributed by atoms with Crippen molar-refractivity contribution in [2.75, 3.05) is 5.75 Å². The highest BCUT2D eigenvalue weighted by Crippen LogP contribution is 2.22. The second kappa shape index (κ2) is 5.99. The van der Waals surface area contributed by atoms with Gasteiger partial charge in [0, 0.05) is 27.7 Å². The van der Waals surface area contributed by atoms with Crippen LogP contribution >= 0.6 is 34.7 Å². The molecule has 0 spiro atoms. The van der Waals surface area contributed by atoms with Gasteiger partial charge in [0.15, 0.2) is 4.96 Å². The van der Waals surface area contributed by atoms with Gasteiger partial charge in [0.25, 0.3) is 0 Å². The first-order chi connectivity index (χ1) is 9.70. The summed E-state index contributed by atoms with van der Waals surface area (Å²) in [5, 5.41) is 2.67. The highest BCUT2D eigenvalue weighted by molar-refractivity contribution is 8.00. The number of Topliss-reactive ketones (excluding diaryl/α,β-unsaturated/α-hetero) is 1. The quantitative estimate of drug-likeness (QED) is 0.667. The summed E-state index contributed by atoms with van der Waals surface area (Å²) in [6.07, 6.45) is 4.23. The minimum atomic E-state index is 0.167. The number of hydrogen-bond donors (Lipinski definition) is 0. The maximum absolute atomic E-state index is 12.0. The van der Waals surface area contributed by atoms with Gasteiger partial charge in [-0.1, -0.05) is 17.7 Å². The third-order valence-electron chi connectivity index (χ3n) is 2.72. The Balaban J connectivity index is 1.58. The van der Waals surface area contributed by atoms with Crippen molar-refractivity contribution in [3.63, 3.8) is 0 Å². The molecule has 20 heavy (non-hydrogen) atoms. The van der Waals surface area contributed by atoms with Crippen molar-refractivity contribution in [3.05, 3.63) is 52.8 Å². The molecule has 0 amide bonds. The number of ketones is 1. The van der Waals surface area contributed by atoms with Crippen LogP contribution in [-0.2, 0) is 11.2 Å². The summed E-state index contributed by atoms with van der Waals surface area (Å²) < 4.78 is 1.94. The Hall–Kier alpha value is -1.30. The lowest BCUT2D eigenvalue weighted by Crippen LogP contribution is -2.05. The Morgan fingerprint density at radius 3 is 3.15 bits per heavy atom. The SMILES string of the molecule is O=C(CSc1cccc(Cl)c1)Cc1cn2ccsc2n1. The van der Waals surface area contributed by atoms with Crippen molar-refractivity contribution in [2.45, 2.75) is 11.3 Å². The number of hydrogen-bond acceptors (Lipinski definition) is 4. The molecule has 0 saturated carbocycles. The Morgan fingerprint density at radius 1 is 1.45 bits per heavy atom. The largest absolute Gasteiger partial charge is 0.298 e. The number of aromatic nitrogens is 2. The molecular weight excluding hydrogens is 312 g/mol. The first kappa shape index (κ1) is 13.7. The molecule has 1 aromatic carbocycles. The van der Waals surface area contributed by atoms with Crippen molar-refractivity contribution in [2.24, 2.45) is 0 Å². The maximum atomic E-state index is 12.0. The monoisotopic (exact) mass is 322 g/mol. The van der Waals surface area contributed by atoms with Gasteiger partial charge in [-0.2, -0.15) is 0 Å². The number of imidazole rings is 1. The van der Waals surface area contributed by atoms with Crippen LogP contribution < -0.4 is 0 Å². The standard InChI is InChI=1S/C14H11ClN2OS2/c15-10-2-1-3-13(6-10)20-9-12(18)7-11-8-17-4-5-19-14(17)16-11/h1-6,8H,7,9H2. The molecule has 0 N–H and O–H groups in total. The number of thiazole rings is 1. The first-order valence-electron chi connectivity index (χ1n) is 6.02. The van der Waals surface area contributed by atoms with Crippen molar-refractivity contribution in [3.8, 4) is 0 Å². The maximum Gasteiger partial charge on any atom is 0.193 e.